The van der Waals surface area contributed by atoms with Crippen LogP contribution in [0.2, 0.25) is 0 Å². The molecule has 0 aliphatic rings. The molecule has 0 radical (unpaired) electrons. The molecule has 0 aromatic carbocycles. The first-order chi connectivity index (χ1) is 2.89. The Bertz CT molecular complexity index is 115. The van der Waals surface area contributed by atoms with E-state index in [1.54, 1.807) is 5.38 Å². The van der Waals surface area contributed by atoms with Crippen molar-refractivity contribution in [3.05, 3.63) is 5.38 Å². The Morgan fingerprint density at radius 2 is 2.67 bits per heavy atom. The van der Waals surface area contributed by atoms with Gasteiger partial charge in [0, 0.05) is 0 Å². The molecule has 1 rings (SSSR count). The first-order valence-corrected chi connectivity index (χ1v) is 2.59. The normalized spacial score (nSPS) is 9.00. The molecule has 0 fully saturated rings. The van der Waals surface area contributed by atoms with Gasteiger partial charge in [-0.05, 0) is 0 Å². The fourth-order valence-electron chi connectivity index (χ4n) is 0.146. The van der Waals surface area contributed by atoms with Gasteiger partial charge in [-0.2, -0.15) is 0 Å². The van der Waals surface area contributed by atoms with Crippen molar-refractivity contribution in [2.75, 3.05) is 0 Å². The number of hydrogen-bond acceptors (Lipinski definition) is 3. The topological polar surface area (TPSA) is 25.8 Å². The second-order valence-corrected chi connectivity index (χ2v) is 1.78. The summed E-state index contributed by atoms with van der Waals surface area (Å²) in [5.41, 5.74) is 0. The summed E-state index contributed by atoms with van der Waals surface area (Å²) < 4.78 is 4.07. The molecular formula is C2HCuN2S. The van der Waals surface area contributed by atoms with Gasteiger partial charge in [0.25, 0.3) is 0 Å². The second-order valence-electron chi connectivity index (χ2n) is 0.688. The van der Waals surface area contributed by atoms with Crippen molar-refractivity contribution >= 4 is 16.1 Å². The Morgan fingerprint density at radius 3 is 2.83 bits per heavy atom. The summed E-state index contributed by atoms with van der Waals surface area (Å²) in [5, 5.41) is 5.20. The Kier molecular flexibility index (Phi) is 1.19. The minimum absolute atomic E-state index is 0.563. The zero-order valence-electron chi connectivity index (χ0n) is 2.68. The van der Waals surface area contributed by atoms with Crippen LogP contribution in [0.15, 0.2) is 5.38 Å². The van der Waals surface area contributed by atoms with Crippen molar-refractivity contribution in [3.63, 3.8) is 0 Å². The van der Waals surface area contributed by atoms with Crippen LogP contribution in [0.5, 0.6) is 0 Å². The second kappa shape index (κ2) is 1.69. The van der Waals surface area contributed by atoms with Crippen LogP contribution < -0.4 is 4.59 Å². The molecule has 0 bridgehead atoms. The molecular weight excluding hydrogens is 148 g/mol. The molecule has 0 atom stereocenters. The Morgan fingerprint density at radius 1 is 1.83 bits per heavy atom. The number of nitrogens with zero attached hydrogens (tertiary/aromatic N) is 2. The van der Waals surface area contributed by atoms with E-state index in [9.17, 15) is 0 Å². The molecule has 0 spiro atoms. The van der Waals surface area contributed by atoms with Crippen LogP contribution in [0.4, 0.5) is 0 Å². The third-order valence-corrected chi connectivity index (χ3v) is 1.20. The van der Waals surface area contributed by atoms with Gasteiger partial charge < -0.3 is 0 Å². The van der Waals surface area contributed by atoms with Crippen molar-refractivity contribution in [1.29, 1.82) is 0 Å². The fourth-order valence-corrected chi connectivity index (χ4v) is 0.702. The molecule has 2 nitrogen and oxygen atoms in total. The molecule has 1 heterocycles. The molecule has 1 aromatic rings. The van der Waals surface area contributed by atoms with Gasteiger partial charge in [-0.25, -0.2) is 0 Å². The minimum atomic E-state index is 0.563. The van der Waals surface area contributed by atoms with E-state index in [2.05, 4.69) is 9.59 Å². The van der Waals surface area contributed by atoms with Gasteiger partial charge in [0.1, 0.15) is 0 Å². The molecule has 0 saturated carbocycles. The Labute approximate surface area is 47.6 Å². The van der Waals surface area contributed by atoms with Crippen molar-refractivity contribution in [1.82, 2.24) is 9.59 Å². The summed E-state index contributed by atoms with van der Waals surface area (Å²) in [4.78, 5) is 0. The van der Waals surface area contributed by atoms with Gasteiger partial charge in [-0.15, -0.1) is 0 Å². The van der Waals surface area contributed by atoms with Crippen molar-refractivity contribution in [3.8, 4) is 0 Å². The maximum absolute atomic E-state index is 4.72. The van der Waals surface area contributed by atoms with E-state index in [1.807, 2.05) is 0 Å². The zero-order chi connectivity index (χ0) is 4.41. The SMILES string of the molecule is [Cu][c]1csnn1. The summed E-state index contributed by atoms with van der Waals surface area (Å²) in [5.74, 6) is 0. The van der Waals surface area contributed by atoms with Gasteiger partial charge >= 0.3 is 47.1 Å². The maximum atomic E-state index is 4.72. The van der Waals surface area contributed by atoms with Crippen molar-refractivity contribution in [2.24, 2.45) is 0 Å². The van der Waals surface area contributed by atoms with E-state index in [0.717, 1.165) is 0 Å². The molecule has 0 aliphatic carbocycles. The Hall–Kier alpha value is 0.0795. The van der Waals surface area contributed by atoms with Crippen LogP contribution in [-0.2, 0) is 16.0 Å². The average Bonchev–Trinajstić information content (AvgIpc) is 1.86. The molecule has 36 valence electrons. The first-order valence-electron chi connectivity index (χ1n) is 1.28. The van der Waals surface area contributed by atoms with Gasteiger partial charge in [-0.1, -0.05) is 0 Å². The quantitative estimate of drug-likeness (QED) is 0.473. The summed E-state index contributed by atoms with van der Waals surface area (Å²) in [6, 6.07) is 0. The van der Waals surface area contributed by atoms with Crippen LogP contribution in [0.1, 0.15) is 0 Å². The molecule has 4 heteroatoms. The predicted molar refractivity (Wildman–Crippen MR) is 19.5 cm³/mol. The number of rotatable bonds is 0. The number of hydrogen-bond donors (Lipinski definition) is 0. The standard InChI is InChI=1S/C2HN2S.Cu/c1-2-5-4-3-1;/h2H;. The third-order valence-electron chi connectivity index (χ3n) is 0.317. The van der Waals surface area contributed by atoms with Crippen LogP contribution in [0, 0.1) is 0 Å². The van der Waals surface area contributed by atoms with Gasteiger partial charge in [0.05, 0.1) is 0 Å². The Balaban J connectivity index is 3.05. The average molecular weight is 149 g/mol. The molecule has 0 N–H and O–H groups in total. The molecule has 0 unspecified atom stereocenters. The van der Waals surface area contributed by atoms with Gasteiger partial charge in [0.2, 0.25) is 0 Å². The van der Waals surface area contributed by atoms with E-state index in [0.29, 0.717) is 4.59 Å². The molecule has 1 aromatic heterocycles. The summed E-state index contributed by atoms with van der Waals surface area (Å²) in [6.45, 7) is 0. The summed E-state index contributed by atoms with van der Waals surface area (Å²) in [7, 11) is 0. The number of aromatic nitrogens is 2. The van der Waals surface area contributed by atoms with E-state index >= 15 is 0 Å². The monoisotopic (exact) mass is 148 g/mol. The molecule has 0 aliphatic heterocycles. The van der Waals surface area contributed by atoms with Gasteiger partial charge in [0.15, 0.2) is 0 Å². The van der Waals surface area contributed by atoms with Crippen molar-refractivity contribution < 1.29 is 16.0 Å². The van der Waals surface area contributed by atoms with E-state index in [4.69, 9.17) is 16.0 Å². The van der Waals surface area contributed by atoms with Crippen LogP contribution >= 0.6 is 11.5 Å². The van der Waals surface area contributed by atoms with E-state index in [-0.39, 0.29) is 0 Å². The third kappa shape index (κ3) is 0.772. The predicted octanol–water partition coefficient (Wildman–Crippen LogP) is -0.290. The van der Waals surface area contributed by atoms with Crippen LogP contribution in [-0.4, -0.2) is 9.59 Å². The molecule has 0 amide bonds. The molecule has 6 heavy (non-hydrogen) atoms. The molecule has 0 saturated heterocycles. The van der Waals surface area contributed by atoms with Crippen LogP contribution in [0.25, 0.3) is 0 Å². The van der Waals surface area contributed by atoms with Gasteiger partial charge in [-0.3, -0.25) is 0 Å². The van der Waals surface area contributed by atoms with E-state index < -0.39 is 0 Å². The fraction of sp³-hybridized carbons (Fsp3) is 0. The van der Waals surface area contributed by atoms with Crippen LogP contribution in [0.3, 0.4) is 0 Å². The van der Waals surface area contributed by atoms with Crippen molar-refractivity contribution in [2.45, 2.75) is 0 Å². The summed E-state index contributed by atoms with van der Waals surface area (Å²) >= 11 is 5.98. The summed E-state index contributed by atoms with van der Waals surface area (Å²) in [6.07, 6.45) is 0. The van der Waals surface area contributed by atoms with E-state index in [1.165, 1.54) is 11.5 Å². The first kappa shape index (κ1) is 4.24. The zero-order valence-corrected chi connectivity index (χ0v) is 4.44.